The molecule has 1 aromatic heterocycles. The second kappa shape index (κ2) is 8.19. The van der Waals surface area contributed by atoms with Crippen LogP contribution in [-0.4, -0.2) is 33.7 Å². The van der Waals surface area contributed by atoms with Crippen LogP contribution in [-0.2, 0) is 16.0 Å². The van der Waals surface area contributed by atoms with E-state index in [9.17, 15) is 19.1 Å². The molecule has 1 heterocycles. The highest BCUT2D eigenvalue weighted by Crippen LogP contribution is 2.23. The predicted octanol–water partition coefficient (Wildman–Crippen LogP) is 0.736. The van der Waals surface area contributed by atoms with Gasteiger partial charge in [-0.2, -0.15) is 0 Å². The SMILES string of the molecule is CC(F)(CCC(CC(O)[CH]Cc1cscn1)C(N)=O)C(N)=O. The molecule has 3 atom stereocenters. The summed E-state index contributed by atoms with van der Waals surface area (Å²) in [6.07, 6.45) is 1.14. The minimum atomic E-state index is -2.19. The Kier molecular flexibility index (Phi) is 6.89. The van der Waals surface area contributed by atoms with Gasteiger partial charge in [0, 0.05) is 11.3 Å². The first kappa shape index (κ1) is 18.5. The van der Waals surface area contributed by atoms with E-state index in [4.69, 9.17) is 11.5 Å². The van der Waals surface area contributed by atoms with Crippen LogP contribution < -0.4 is 11.5 Å². The summed E-state index contributed by atoms with van der Waals surface area (Å²) in [5.41, 5.74) is 10.5. The van der Waals surface area contributed by atoms with E-state index in [0.29, 0.717) is 6.42 Å². The molecule has 0 aromatic carbocycles. The Hall–Kier alpha value is -1.54. The highest BCUT2D eigenvalue weighted by Gasteiger charge is 2.32. The Morgan fingerprint density at radius 2 is 2.23 bits per heavy atom. The zero-order valence-electron chi connectivity index (χ0n) is 12.4. The number of halogens is 1. The summed E-state index contributed by atoms with van der Waals surface area (Å²) >= 11 is 1.45. The van der Waals surface area contributed by atoms with Gasteiger partial charge in [0.15, 0.2) is 5.67 Å². The van der Waals surface area contributed by atoms with E-state index in [1.807, 2.05) is 5.38 Å². The summed E-state index contributed by atoms with van der Waals surface area (Å²) in [6, 6.07) is 0. The number of hydrogen-bond donors (Lipinski definition) is 3. The van der Waals surface area contributed by atoms with Crippen molar-refractivity contribution in [2.75, 3.05) is 0 Å². The fraction of sp³-hybridized carbons (Fsp3) is 0.571. The third-order valence-electron chi connectivity index (χ3n) is 3.49. The van der Waals surface area contributed by atoms with Gasteiger partial charge in [0.2, 0.25) is 5.91 Å². The average Bonchev–Trinajstić information content (AvgIpc) is 2.93. The van der Waals surface area contributed by atoms with Crippen molar-refractivity contribution in [1.82, 2.24) is 4.98 Å². The smallest absolute Gasteiger partial charge is 0.254 e. The number of nitrogens with zero attached hydrogens (tertiary/aromatic N) is 1. The molecule has 0 bridgehead atoms. The number of aromatic nitrogens is 1. The number of thiazole rings is 1. The summed E-state index contributed by atoms with van der Waals surface area (Å²) < 4.78 is 13.8. The molecule has 0 fully saturated rings. The summed E-state index contributed by atoms with van der Waals surface area (Å²) in [5, 5.41) is 11.8. The molecule has 2 amide bonds. The van der Waals surface area contributed by atoms with Crippen LogP contribution in [0.3, 0.4) is 0 Å². The van der Waals surface area contributed by atoms with Gasteiger partial charge in [-0.15, -0.1) is 11.3 Å². The fourth-order valence-corrected chi connectivity index (χ4v) is 2.50. The summed E-state index contributed by atoms with van der Waals surface area (Å²) in [7, 11) is 0. The lowest BCUT2D eigenvalue weighted by atomic mass is 9.89. The molecule has 3 unspecified atom stereocenters. The number of carbonyl (C=O) groups excluding carboxylic acids is 2. The minimum Gasteiger partial charge on any atom is -0.393 e. The molecule has 0 saturated heterocycles. The Labute approximate surface area is 132 Å². The molecule has 22 heavy (non-hydrogen) atoms. The van der Waals surface area contributed by atoms with Crippen LogP contribution in [0.15, 0.2) is 10.9 Å². The first-order valence-electron chi connectivity index (χ1n) is 6.89. The molecule has 1 rings (SSSR count). The molecular weight excluding hydrogens is 309 g/mol. The molecule has 1 aromatic rings. The number of carbonyl (C=O) groups is 2. The van der Waals surface area contributed by atoms with Crippen molar-refractivity contribution in [3.05, 3.63) is 23.0 Å². The van der Waals surface area contributed by atoms with Gasteiger partial charge in [-0.25, -0.2) is 9.37 Å². The van der Waals surface area contributed by atoms with E-state index in [2.05, 4.69) is 4.98 Å². The molecule has 0 aliphatic rings. The van der Waals surface area contributed by atoms with E-state index in [1.165, 1.54) is 11.3 Å². The van der Waals surface area contributed by atoms with Gasteiger partial charge in [0.1, 0.15) is 0 Å². The van der Waals surface area contributed by atoms with E-state index >= 15 is 0 Å². The van der Waals surface area contributed by atoms with E-state index < -0.39 is 29.5 Å². The average molecular weight is 330 g/mol. The molecule has 6 nitrogen and oxygen atoms in total. The largest absolute Gasteiger partial charge is 0.393 e. The van der Waals surface area contributed by atoms with E-state index in [-0.39, 0.29) is 19.3 Å². The Bertz CT molecular complexity index is 494. The van der Waals surface area contributed by atoms with Crippen LogP contribution in [0.5, 0.6) is 0 Å². The highest BCUT2D eigenvalue weighted by molar-refractivity contribution is 7.07. The zero-order chi connectivity index (χ0) is 16.8. The number of alkyl halides is 1. The Morgan fingerprint density at radius 1 is 1.55 bits per heavy atom. The molecule has 5 N–H and O–H groups in total. The van der Waals surface area contributed by atoms with Crippen molar-refractivity contribution >= 4 is 23.2 Å². The second-order valence-corrected chi connectivity index (χ2v) is 6.14. The van der Waals surface area contributed by atoms with Crippen LogP contribution >= 0.6 is 11.3 Å². The number of nitrogens with two attached hydrogens (primary N) is 2. The van der Waals surface area contributed by atoms with Crippen LogP contribution in [0.1, 0.15) is 31.9 Å². The monoisotopic (exact) mass is 330 g/mol. The molecule has 0 aliphatic carbocycles. The van der Waals surface area contributed by atoms with Gasteiger partial charge in [-0.1, -0.05) is 0 Å². The van der Waals surface area contributed by atoms with Crippen molar-refractivity contribution in [2.45, 2.75) is 44.4 Å². The maximum absolute atomic E-state index is 13.8. The molecule has 1 radical (unpaired) electrons. The number of aliphatic hydroxyl groups excluding tert-OH is 1. The quantitative estimate of drug-likeness (QED) is 0.586. The van der Waals surface area contributed by atoms with Crippen LogP contribution in [0, 0.1) is 12.3 Å². The summed E-state index contributed by atoms with van der Waals surface area (Å²) in [6.45, 7) is 1.07. The summed E-state index contributed by atoms with van der Waals surface area (Å²) in [4.78, 5) is 26.4. The molecule has 123 valence electrons. The van der Waals surface area contributed by atoms with Crippen LogP contribution in [0.25, 0.3) is 0 Å². The van der Waals surface area contributed by atoms with Gasteiger partial charge in [-0.3, -0.25) is 9.59 Å². The van der Waals surface area contributed by atoms with Crippen molar-refractivity contribution in [1.29, 1.82) is 0 Å². The van der Waals surface area contributed by atoms with E-state index in [1.54, 1.807) is 11.9 Å². The van der Waals surface area contributed by atoms with Crippen molar-refractivity contribution in [3.63, 3.8) is 0 Å². The molecule has 0 saturated carbocycles. The van der Waals surface area contributed by atoms with E-state index in [0.717, 1.165) is 12.6 Å². The standard InChI is InChI=1S/C14H21FN3O3S/c1-14(15,13(17)21)5-4-9(12(16)20)6-11(19)3-2-10-7-22-8-18-10/h3,7-9,11,19H,2,4-6H2,1H3,(H2,16,20)(H2,17,21). The predicted molar refractivity (Wildman–Crippen MR) is 81.4 cm³/mol. The first-order valence-corrected chi connectivity index (χ1v) is 7.83. The second-order valence-electron chi connectivity index (χ2n) is 5.42. The molecule has 0 spiro atoms. The van der Waals surface area contributed by atoms with Crippen LogP contribution in [0.2, 0.25) is 0 Å². The lowest BCUT2D eigenvalue weighted by Crippen LogP contribution is -2.38. The maximum atomic E-state index is 13.8. The van der Waals surface area contributed by atoms with Gasteiger partial charge >= 0.3 is 0 Å². The Balaban J connectivity index is 2.46. The van der Waals surface area contributed by atoms with Crippen molar-refractivity contribution in [3.8, 4) is 0 Å². The number of primary amides is 2. The Morgan fingerprint density at radius 3 is 2.73 bits per heavy atom. The fourth-order valence-electron chi connectivity index (χ4n) is 1.93. The third kappa shape index (κ3) is 6.07. The first-order chi connectivity index (χ1) is 10.2. The number of amides is 2. The highest BCUT2D eigenvalue weighted by atomic mass is 32.1. The normalized spacial score (nSPS) is 16.7. The number of rotatable bonds is 10. The molecule has 8 heteroatoms. The zero-order valence-corrected chi connectivity index (χ0v) is 13.2. The number of aliphatic hydroxyl groups is 1. The van der Waals surface area contributed by atoms with Gasteiger partial charge in [-0.05, 0) is 39.0 Å². The minimum absolute atomic E-state index is 0.0485. The van der Waals surface area contributed by atoms with Gasteiger partial charge in [0.05, 0.1) is 17.3 Å². The molecule has 0 aliphatic heterocycles. The third-order valence-corrected chi connectivity index (χ3v) is 4.12. The lowest BCUT2D eigenvalue weighted by Gasteiger charge is -2.21. The van der Waals surface area contributed by atoms with Crippen molar-refractivity contribution in [2.24, 2.45) is 17.4 Å². The van der Waals surface area contributed by atoms with Crippen molar-refractivity contribution < 1.29 is 19.1 Å². The number of hydrogen-bond acceptors (Lipinski definition) is 5. The van der Waals surface area contributed by atoms with Gasteiger partial charge < -0.3 is 16.6 Å². The summed E-state index contributed by atoms with van der Waals surface area (Å²) in [5.74, 6) is -2.44. The lowest BCUT2D eigenvalue weighted by molar-refractivity contribution is -0.130. The molecular formula is C14H21FN3O3S. The van der Waals surface area contributed by atoms with Crippen LogP contribution in [0.4, 0.5) is 4.39 Å². The maximum Gasteiger partial charge on any atom is 0.254 e. The van der Waals surface area contributed by atoms with Gasteiger partial charge in [0.25, 0.3) is 5.91 Å². The topological polar surface area (TPSA) is 119 Å².